The molecule has 0 bridgehead atoms. The minimum Gasteiger partial charge on any atom is -0.508 e. The molecule has 41 heavy (non-hydrogen) atoms. The van der Waals surface area contributed by atoms with Crippen LogP contribution in [0, 0.1) is 0 Å². The maximum Gasteiger partial charge on any atom is 0.326 e. The Balaban J connectivity index is 1.71. The highest BCUT2D eigenvalue weighted by atomic mass is 16.4. The number of hydrogen-bond donors (Lipinski definition) is 8. The molecule has 4 unspecified atom stereocenters. The van der Waals surface area contributed by atoms with E-state index in [9.17, 15) is 34.2 Å². The highest BCUT2D eigenvalue weighted by Crippen LogP contribution is 2.19. The number of H-pyrrole nitrogens is 1. The van der Waals surface area contributed by atoms with Gasteiger partial charge in [0.1, 0.15) is 23.9 Å². The summed E-state index contributed by atoms with van der Waals surface area (Å²) < 4.78 is 0. The van der Waals surface area contributed by atoms with Crippen molar-refractivity contribution in [3.63, 3.8) is 0 Å². The molecule has 218 valence electrons. The molecular weight excluding hydrogens is 534 g/mol. The summed E-state index contributed by atoms with van der Waals surface area (Å²) in [7, 11) is 0. The fourth-order valence-corrected chi connectivity index (χ4v) is 4.16. The fourth-order valence-electron chi connectivity index (χ4n) is 4.16. The average Bonchev–Trinajstić information content (AvgIpc) is 3.34. The Hall–Kier alpha value is -4.91. The summed E-state index contributed by atoms with van der Waals surface area (Å²) in [6, 6.07) is 8.35. The summed E-state index contributed by atoms with van der Waals surface area (Å²) in [5.41, 5.74) is 7.92. The summed E-state index contributed by atoms with van der Waals surface area (Å²) in [5, 5.41) is 36.2. The van der Waals surface area contributed by atoms with Crippen LogP contribution in [0.15, 0.2) is 54.7 Å². The van der Waals surface area contributed by atoms with Gasteiger partial charge in [0.2, 0.25) is 17.7 Å². The number of hydrogen-bond acceptors (Lipinski definition) is 7. The van der Waals surface area contributed by atoms with E-state index in [1.807, 2.05) is 24.3 Å². The molecule has 3 amide bonds. The highest BCUT2D eigenvalue weighted by Gasteiger charge is 2.29. The van der Waals surface area contributed by atoms with E-state index in [2.05, 4.69) is 20.9 Å². The number of aromatic hydroxyl groups is 1. The van der Waals surface area contributed by atoms with Gasteiger partial charge in [-0.1, -0.05) is 30.3 Å². The van der Waals surface area contributed by atoms with Gasteiger partial charge in [-0.2, -0.15) is 0 Å². The van der Waals surface area contributed by atoms with Crippen molar-refractivity contribution < 1.29 is 39.3 Å². The third-order valence-electron chi connectivity index (χ3n) is 6.48. The van der Waals surface area contributed by atoms with Gasteiger partial charge in [0.25, 0.3) is 0 Å². The molecule has 0 fully saturated rings. The van der Waals surface area contributed by atoms with E-state index in [1.165, 1.54) is 31.2 Å². The van der Waals surface area contributed by atoms with E-state index in [4.69, 9.17) is 10.8 Å². The summed E-state index contributed by atoms with van der Waals surface area (Å²) in [5.74, 6) is -4.61. The van der Waals surface area contributed by atoms with Crippen molar-refractivity contribution in [2.45, 2.75) is 56.8 Å². The predicted molar refractivity (Wildman–Crippen MR) is 148 cm³/mol. The molecule has 9 N–H and O–H groups in total. The van der Waals surface area contributed by atoms with Crippen molar-refractivity contribution in [3.05, 3.63) is 65.9 Å². The molecule has 1 aromatic heterocycles. The number of aromatic nitrogens is 1. The highest BCUT2D eigenvalue weighted by molar-refractivity contribution is 5.94. The van der Waals surface area contributed by atoms with E-state index < -0.39 is 53.8 Å². The van der Waals surface area contributed by atoms with Gasteiger partial charge in [-0.3, -0.25) is 19.2 Å². The van der Waals surface area contributed by atoms with Crippen molar-refractivity contribution in [3.8, 4) is 5.75 Å². The van der Waals surface area contributed by atoms with Crippen LogP contribution in [0.2, 0.25) is 0 Å². The topological polar surface area (TPSA) is 224 Å². The van der Waals surface area contributed by atoms with Gasteiger partial charge in [-0.15, -0.1) is 0 Å². The molecule has 0 aliphatic rings. The maximum absolute atomic E-state index is 13.3. The van der Waals surface area contributed by atoms with Gasteiger partial charge in [-0.25, -0.2) is 4.79 Å². The van der Waals surface area contributed by atoms with Gasteiger partial charge < -0.3 is 42.0 Å². The number of nitrogens with two attached hydrogens (primary N) is 1. The van der Waals surface area contributed by atoms with Crippen LogP contribution in [0.1, 0.15) is 30.9 Å². The molecule has 0 aliphatic heterocycles. The van der Waals surface area contributed by atoms with Crippen molar-refractivity contribution in [1.82, 2.24) is 20.9 Å². The van der Waals surface area contributed by atoms with Crippen molar-refractivity contribution in [1.29, 1.82) is 0 Å². The molecule has 2 aromatic carbocycles. The largest absolute Gasteiger partial charge is 0.508 e. The number of carboxylic acid groups (broad SMARTS) is 2. The van der Waals surface area contributed by atoms with E-state index in [0.29, 0.717) is 11.1 Å². The van der Waals surface area contributed by atoms with E-state index in [0.717, 1.165) is 10.9 Å². The Bertz CT molecular complexity index is 1400. The van der Waals surface area contributed by atoms with Gasteiger partial charge in [0.05, 0.1) is 6.04 Å². The Labute approximate surface area is 235 Å². The number of carbonyl (C=O) groups is 5. The molecule has 13 nitrogen and oxygen atoms in total. The normalized spacial score (nSPS) is 13.9. The summed E-state index contributed by atoms with van der Waals surface area (Å²) in [6.45, 7) is 1.37. The van der Waals surface area contributed by atoms with Gasteiger partial charge >= 0.3 is 11.9 Å². The molecule has 13 heteroatoms. The molecule has 0 radical (unpaired) electrons. The SMILES string of the molecule is CC(NC(=O)C(Cc1c[nH]c2ccccc12)NC(=O)C(N)CCC(=O)O)C(=O)NC(Cc1ccc(O)cc1)C(=O)O. The average molecular weight is 568 g/mol. The minimum absolute atomic E-state index is 0.0121. The molecule has 4 atom stereocenters. The first-order valence-corrected chi connectivity index (χ1v) is 12.9. The van der Waals surface area contributed by atoms with E-state index >= 15 is 0 Å². The second kappa shape index (κ2) is 13.9. The van der Waals surface area contributed by atoms with Crippen LogP contribution in [-0.2, 0) is 36.8 Å². The van der Waals surface area contributed by atoms with Crippen LogP contribution in [0.5, 0.6) is 5.75 Å². The molecule has 3 aromatic rings. The second-order valence-electron chi connectivity index (χ2n) is 9.66. The number of rotatable bonds is 14. The number of aliphatic carboxylic acids is 2. The molecular formula is C28H33N5O8. The monoisotopic (exact) mass is 567 g/mol. The lowest BCUT2D eigenvalue weighted by Crippen LogP contribution is -2.57. The first-order valence-electron chi connectivity index (χ1n) is 12.9. The van der Waals surface area contributed by atoms with Crippen LogP contribution in [0.3, 0.4) is 0 Å². The number of benzene rings is 2. The lowest BCUT2D eigenvalue weighted by Gasteiger charge is -2.23. The zero-order chi connectivity index (χ0) is 30.1. The number of phenols is 1. The van der Waals surface area contributed by atoms with E-state index in [1.54, 1.807) is 6.20 Å². The lowest BCUT2D eigenvalue weighted by molar-refractivity contribution is -0.142. The van der Waals surface area contributed by atoms with Crippen LogP contribution in [-0.4, -0.2) is 74.1 Å². The Morgan fingerprint density at radius 1 is 0.854 bits per heavy atom. The molecule has 0 aliphatic carbocycles. The fraction of sp³-hybridized carbons (Fsp3) is 0.321. The number of phenolic OH excluding ortho intramolecular Hbond substituents is 1. The number of para-hydroxylation sites is 1. The number of carbonyl (C=O) groups excluding carboxylic acids is 3. The Morgan fingerprint density at radius 2 is 1.51 bits per heavy atom. The molecule has 3 rings (SSSR count). The van der Waals surface area contributed by atoms with Crippen LogP contribution in [0.4, 0.5) is 0 Å². The first-order chi connectivity index (χ1) is 19.4. The summed E-state index contributed by atoms with van der Waals surface area (Å²) in [6.07, 6.45) is 1.19. The van der Waals surface area contributed by atoms with Crippen LogP contribution < -0.4 is 21.7 Å². The number of carboxylic acids is 2. The molecule has 0 saturated heterocycles. The van der Waals surface area contributed by atoms with Gasteiger partial charge in [0.15, 0.2) is 0 Å². The smallest absolute Gasteiger partial charge is 0.326 e. The minimum atomic E-state index is -1.31. The maximum atomic E-state index is 13.3. The quantitative estimate of drug-likeness (QED) is 0.135. The second-order valence-corrected chi connectivity index (χ2v) is 9.66. The molecule has 0 saturated carbocycles. The van der Waals surface area contributed by atoms with Gasteiger partial charge in [0, 0.05) is 36.4 Å². The summed E-state index contributed by atoms with van der Waals surface area (Å²) in [4.78, 5) is 64.6. The van der Waals surface area contributed by atoms with Gasteiger partial charge in [-0.05, 0) is 42.7 Å². The number of nitrogens with one attached hydrogen (secondary N) is 4. The lowest BCUT2D eigenvalue weighted by atomic mass is 10.0. The predicted octanol–water partition coefficient (Wildman–Crippen LogP) is 0.410. The Morgan fingerprint density at radius 3 is 2.17 bits per heavy atom. The number of fused-ring (bicyclic) bond motifs is 1. The van der Waals surface area contributed by atoms with Crippen LogP contribution >= 0.6 is 0 Å². The molecule has 0 spiro atoms. The first kappa shape index (κ1) is 30.6. The zero-order valence-corrected chi connectivity index (χ0v) is 22.3. The zero-order valence-electron chi connectivity index (χ0n) is 22.3. The van der Waals surface area contributed by atoms with Crippen molar-refractivity contribution in [2.24, 2.45) is 5.73 Å². The standard InChI is InChI=1S/C28H33N5O8/c1-15(25(37)33-23(28(40)41)12-16-6-8-18(34)9-7-16)31-27(39)22(32-26(38)20(29)10-11-24(35)36)13-17-14-30-21-5-3-2-4-19(17)21/h2-9,14-15,20,22-23,30,34H,10-13,29H2,1H3,(H,31,39)(H,32,38)(H,33,37)(H,35,36)(H,40,41). The number of aromatic amines is 1. The van der Waals surface area contributed by atoms with Crippen LogP contribution in [0.25, 0.3) is 10.9 Å². The number of amides is 3. The molecule has 1 heterocycles. The third-order valence-corrected chi connectivity index (χ3v) is 6.48. The van der Waals surface area contributed by atoms with Crippen molar-refractivity contribution in [2.75, 3.05) is 0 Å². The summed E-state index contributed by atoms with van der Waals surface area (Å²) >= 11 is 0. The Kier molecular flexibility index (Phi) is 10.4. The van der Waals surface area contributed by atoms with Crippen molar-refractivity contribution >= 4 is 40.6 Å². The third kappa shape index (κ3) is 8.80. The van der Waals surface area contributed by atoms with E-state index in [-0.39, 0.29) is 31.4 Å².